The number of benzene rings is 2. The molecule has 0 bridgehead atoms. The van der Waals surface area contributed by atoms with Crippen LogP contribution in [0, 0.1) is 5.82 Å². The summed E-state index contributed by atoms with van der Waals surface area (Å²) in [6.45, 7) is 0.927. The van der Waals surface area contributed by atoms with E-state index < -0.39 is 0 Å². The van der Waals surface area contributed by atoms with E-state index in [1.54, 1.807) is 23.5 Å². The summed E-state index contributed by atoms with van der Waals surface area (Å²) in [6.07, 6.45) is 0.955. The van der Waals surface area contributed by atoms with Crippen molar-refractivity contribution < 1.29 is 4.39 Å². The number of hydrogen-bond donors (Lipinski definition) is 1. The van der Waals surface area contributed by atoms with Crippen LogP contribution in [0.25, 0.3) is 20.8 Å². The zero-order valence-corrected chi connectivity index (χ0v) is 12.0. The molecule has 102 valence electrons. The minimum atomic E-state index is -0.212. The third-order valence-electron chi connectivity index (χ3n) is 3.24. The summed E-state index contributed by atoms with van der Waals surface area (Å²) >= 11 is 1.54. The Balaban J connectivity index is 2.06. The van der Waals surface area contributed by atoms with Crippen molar-refractivity contribution in [3.8, 4) is 10.6 Å². The molecule has 0 aliphatic rings. The van der Waals surface area contributed by atoms with Crippen LogP contribution < -0.4 is 5.32 Å². The zero-order valence-electron chi connectivity index (χ0n) is 11.2. The molecule has 0 saturated heterocycles. The van der Waals surface area contributed by atoms with Crippen molar-refractivity contribution in [2.75, 3.05) is 13.6 Å². The molecule has 1 aromatic heterocycles. The van der Waals surface area contributed by atoms with Gasteiger partial charge in [-0.15, -0.1) is 11.3 Å². The van der Waals surface area contributed by atoms with Crippen LogP contribution in [0.15, 0.2) is 42.5 Å². The molecule has 0 unspecified atom stereocenters. The monoisotopic (exact) mass is 286 g/mol. The SMILES string of the molecule is CNCCc1ccccc1-c1nc2ccc(F)cc2s1. The maximum absolute atomic E-state index is 13.3. The van der Waals surface area contributed by atoms with Gasteiger partial charge in [0.1, 0.15) is 10.8 Å². The summed E-state index contributed by atoms with van der Waals surface area (Å²) in [5.74, 6) is -0.212. The van der Waals surface area contributed by atoms with Gasteiger partial charge >= 0.3 is 0 Å². The largest absolute Gasteiger partial charge is 0.319 e. The Hall–Kier alpha value is -1.78. The molecule has 0 spiro atoms. The number of halogens is 1. The van der Waals surface area contributed by atoms with Gasteiger partial charge in [-0.25, -0.2) is 9.37 Å². The summed E-state index contributed by atoms with van der Waals surface area (Å²) in [7, 11) is 1.95. The van der Waals surface area contributed by atoms with Crippen LogP contribution in [-0.4, -0.2) is 18.6 Å². The Labute approximate surface area is 121 Å². The topological polar surface area (TPSA) is 24.9 Å². The highest BCUT2D eigenvalue weighted by molar-refractivity contribution is 7.21. The quantitative estimate of drug-likeness (QED) is 0.787. The molecular formula is C16H15FN2S. The Bertz CT molecular complexity index is 736. The lowest BCUT2D eigenvalue weighted by Gasteiger charge is -2.06. The number of likely N-dealkylation sites (N-methyl/N-ethyl adjacent to an activating group) is 1. The molecule has 0 atom stereocenters. The minimum Gasteiger partial charge on any atom is -0.319 e. The standard InChI is InChI=1S/C16H15FN2S/c1-18-9-8-11-4-2-3-5-13(11)16-19-14-7-6-12(17)10-15(14)20-16/h2-7,10,18H,8-9H2,1H3. The van der Waals surface area contributed by atoms with Gasteiger partial charge in [0.2, 0.25) is 0 Å². The highest BCUT2D eigenvalue weighted by atomic mass is 32.1. The predicted molar refractivity (Wildman–Crippen MR) is 82.6 cm³/mol. The van der Waals surface area contributed by atoms with Crippen molar-refractivity contribution in [1.82, 2.24) is 10.3 Å². The molecule has 0 fully saturated rings. The molecule has 1 N–H and O–H groups in total. The van der Waals surface area contributed by atoms with Crippen LogP contribution in [0.3, 0.4) is 0 Å². The Morgan fingerprint density at radius 2 is 2.05 bits per heavy atom. The summed E-state index contributed by atoms with van der Waals surface area (Å²) in [5.41, 5.74) is 3.26. The molecule has 20 heavy (non-hydrogen) atoms. The fourth-order valence-electron chi connectivity index (χ4n) is 2.22. The average Bonchev–Trinajstić information content (AvgIpc) is 2.88. The smallest absolute Gasteiger partial charge is 0.124 e. The fraction of sp³-hybridized carbons (Fsp3) is 0.188. The van der Waals surface area contributed by atoms with E-state index in [-0.39, 0.29) is 5.82 Å². The lowest BCUT2D eigenvalue weighted by molar-refractivity contribution is 0.630. The van der Waals surface area contributed by atoms with Crippen molar-refractivity contribution in [1.29, 1.82) is 0 Å². The van der Waals surface area contributed by atoms with E-state index in [1.165, 1.54) is 11.6 Å². The molecule has 2 nitrogen and oxygen atoms in total. The summed E-state index contributed by atoms with van der Waals surface area (Å²) in [5, 5.41) is 4.12. The van der Waals surface area contributed by atoms with Gasteiger partial charge in [0, 0.05) is 5.56 Å². The highest BCUT2D eigenvalue weighted by Gasteiger charge is 2.10. The molecule has 1 heterocycles. The van der Waals surface area contributed by atoms with E-state index in [9.17, 15) is 4.39 Å². The lowest BCUT2D eigenvalue weighted by Crippen LogP contribution is -2.10. The van der Waals surface area contributed by atoms with Gasteiger partial charge in [-0.1, -0.05) is 24.3 Å². The Morgan fingerprint density at radius 3 is 2.90 bits per heavy atom. The third kappa shape index (κ3) is 2.57. The van der Waals surface area contributed by atoms with Crippen LogP contribution in [0.4, 0.5) is 4.39 Å². The van der Waals surface area contributed by atoms with E-state index in [2.05, 4.69) is 22.4 Å². The van der Waals surface area contributed by atoms with Gasteiger partial charge in [-0.05, 0) is 43.8 Å². The predicted octanol–water partition coefficient (Wildman–Crippen LogP) is 3.86. The third-order valence-corrected chi connectivity index (χ3v) is 4.29. The molecular weight excluding hydrogens is 271 g/mol. The number of nitrogens with one attached hydrogen (secondary N) is 1. The van der Waals surface area contributed by atoms with Crippen molar-refractivity contribution in [3.63, 3.8) is 0 Å². The first-order valence-electron chi connectivity index (χ1n) is 6.57. The number of aromatic nitrogens is 1. The van der Waals surface area contributed by atoms with Crippen LogP contribution in [0.5, 0.6) is 0 Å². The number of thiazole rings is 1. The molecule has 0 amide bonds. The summed E-state index contributed by atoms with van der Waals surface area (Å²) in [6, 6.07) is 13.0. The zero-order chi connectivity index (χ0) is 13.9. The minimum absolute atomic E-state index is 0.212. The van der Waals surface area contributed by atoms with Gasteiger partial charge in [-0.2, -0.15) is 0 Å². The second kappa shape index (κ2) is 5.69. The van der Waals surface area contributed by atoms with Crippen molar-refractivity contribution in [2.24, 2.45) is 0 Å². The number of rotatable bonds is 4. The second-order valence-corrected chi connectivity index (χ2v) is 5.67. The Morgan fingerprint density at radius 1 is 1.20 bits per heavy atom. The fourth-order valence-corrected chi connectivity index (χ4v) is 3.27. The lowest BCUT2D eigenvalue weighted by atomic mass is 10.1. The van der Waals surface area contributed by atoms with Crippen LogP contribution >= 0.6 is 11.3 Å². The van der Waals surface area contributed by atoms with E-state index >= 15 is 0 Å². The number of fused-ring (bicyclic) bond motifs is 1. The normalized spacial score (nSPS) is 11.1. The van der Waals surface area contributed by atoms with E-state index in [1.807, 2.05) is 19.2 Å². The highest BCUT2D eigenvalue weighted by Crippen LogP contribution is 2.32. The molecule has 0 saturated carbocycles. The summed E-state index contributed by atoms with van der Waals surface area (Å²) < 4.78 is 14.2. The van der Waals surface area contributed by atoms with Crippen molar-refractivity contribution >= 4 is 21.6 Å². The van der Waals surface area contributed by atoms with Gasteiger partial charge in [0.25, 0.3) is 0 Å². The molecule has 3 rings (SSSR count). The first-order valence-corrected chi connectivity index (χ1v) is 7.38. The average molecular weight is 286 g/mol. The van der Waals surface area contributed by atoms with Gasteiger partial charge in [-0.3, -0.25) is 0 Å². The molecule has 2 aromatic carbocycles. The Kier molecular flexibility index (Phi) is 3.76. The first-order chi connectivity index (χ1) is 9.78. The van der Waals surface area contributed by atoms with Crippen molar-refractivity contribution in [3.05, 3.63) is 53.8 Å². The number of nitrogens with zero attached hydrogens (tertiary/aromatic N) is 1. The van der Waals surface area contributed by atoms with Gasteiger partial charge < -0.3 is 5.32 Å². The molecule has 0 aliphatic carbocycles. The maximum Gasteiger partial charge on any atom is 0.124 e. The van der Waals surface area contributed by atoms with E-state index in [0.29, 0.717) is 0 Å². The van der Waals surface area contributed by atoms with E-state index in [4.69, 9.17) is 0 Å². The first kappa shape index (κ1) is 13.2. The molecule has 0 radical (unpaired) electrons. The van der Waals surface area contributed by atoms with Gasteiger partial charge in [0.15, 0.2) is 0 Å². The second-order valence-electron chi connectivity index (χ2n) is 4.64. The molecule has 0 aliphatic heterocycles. The van der Waals surface area contributed by atoms with Crippen LogP contribution in [-0.2, 0) is 6.42 Å². The van der Waals surface area contributed by atoms with Crippen LogP contribution in [0.2, 0.25) is 0 Å². The summed E-state index contributed by atoms with van der Waals surface area (Å²) in [4.78, 5) is 4.62. The van der Waals surface area contributed by atoms with Gasteiger partial charge in [0.05, 0.1) is 10.2 Å². The maximum atomic E-state index is 13.3. The van der Waals surface area contributed by atoms with E-state index in [0.717, 1.165) is 33.8 Å². The van der Waals surface area contributed by atoms with Crippen LogP contribution in [0.1, 0.15) is 5.56 Å². The molecule has 3 aromatic rings. The molecule has 4 heteroatoms. The number of hydrogen-bond acceptors (Lipinski definition) is 3. The van der Waals surface area contributed by atoms with Crippen molar-refractivity contribution in [2.45, 2.75) is 6.42 Å².